The molecule has 0 bridgehead atoms. The first-order valence-electron chi connectivity index (χ1n) is 1.47. The largest absolute Gasteiger partial charge is 2.00 e. The Morgan fingerprint density at radius 3 is 0.818 bits per heavy atom. The first-order valence-corrected chi connectivity index (χ1v) is 4.41. The SMILES string of the molecule is NS(=O)(=O)[O-].NS(=O)(=O)[O-].[Rh+2]. The van der Waals surface area contributed by atoms with Crippen molar-refractivity contribution in [3.8, 4) is 0 Å². The minimum absolute atomic E-state index is 0. The summed E-state index contributed by atoms with van der Waals surface area (Å²) in [6.45, 7) is 0. The predicted octanol–water partition coefficient (Wildman–Crippen LogP) is -3.19. The third-order valence-electron chi connectivity index (χ3n) is 0. The summed E-state index contributed by atoms with van der Waals surface area (Å²) in [6.07, 6.45) is 0. The molecular formula is H4N2O6RhS2. The third kappa shape index (κ3) is 5490. The fourth-order valence-electron chi connectivity index (χ4n) is 0. The van der Waals surface area contributed by atoms with Gasteiger partial charge in [-0.05, 0) is 0 Å². The van der Waals surface area contributed by atoms with Crippen LogP contribution in [0.4, 0.5) is 0 Å². The molecule has 0 aliphatic carbocycles. The smallest absolute Gasteiger partial charge is 0.736 e. The molecule has 0 unspecified atom stereocenters. The Bertz CT molecular complexity index is 215. The predicted molar refractivity (Wildman–Crippen MR) is 27.8 cm³/mol. The Morgan fingerprint density at radius 1 is 0.818 bits per heavy atom. The monoisotopic (exact) mass is 295 g/mol. The van der Waals surface area contributed by atoms with Crippen LogP contribution in [-0.4, -0.2) is 25.9 Å². The van der Waals surface area contributed by atoms with Crippen LogP contribution in [0, 0.1) is 0 Å². The second kappa shape index (κ2) is 5.94. The van der Waals surface area contributed by atoms with Gasteiger partial charge in [0.25, 0.3) is 0 Å². The second-order valence-corrected chi connectivity index (χ2v) is 2.96. The summed E-state index contributed by atoms with van der Waals surface area (Å²) in [6, 6.07) is 0. The van der Waals surface area contributed by atoms with Crippen LogP contribution in [0.25, 0.3) is 0 Å². The molecule has 8 nitrogen and oxygen atoms in total. The molecule has 4 N–H and O–H groups in total. The summed E-state index contributed by atoms with van der Waals surface area (Å²) in [4.78, 5) is 0. The first kappa shape index (κ1) is 17.4. The van der Waals surface area contributed by atoms with E-state index in [-0.39, 0.29) is 19.5 Å². The molecule has 0 saturated heterocycles. The van der Waals surface area contributed by atoms with Gasteiger partial charge in [0, 0.05) is 0 Å². The van der Waals surface area contributed by atoms with Crippen LogP contribution >= 0.6 is 0 Å². The molecule has 11 heavy (non-hydrogen) atoms. The van der Waals surface area contributed by atoms with Crippen LogP contribution in [0.2, 0.25) is 0 Å². The number of hydrogen-bond acceptors (Lipinski definition) is 6. The summed E-state index contributed by atoms with van der Waals surface area (Å²) >= 11 is 0. The van der Waals surface area contributed by atoms with E-state index in [1.807, 2.05) is 0 Å². The van der Waals surface area contributed by atoms with Gasteiger partial charge >= 0.3 is 19.5 Å². The van der Waals surface area contributed by atoms with Gasteiger partial charge in [0.2, 0.25) is 0 Å². The van der Waals surface area contributed by atoms with Crippen molar-refractivity contribution >= 4 is 20.6 Å². The molecule has 11 heteroatoms. The van der Waals surface area contributed by atoms with Gasteiger partial charge in [0.1, 0.15) is 0 Å². The molecule has 0 aliphatic rings. The normalized spacial score (nSPS) is 10.5. The zero-order valence-electron chi connectivity index (χ0n) is 4.75. The van der Waals surface area contributed by atoms with E-state index in [9.17, 15) is 0 Å². The third-order valence-corrected chi connectivity index (χ3v) is 0. The Labute approximate surface area is 76.5 Å². The van der Waals surface area contributed by atoms with Gasteiger partial charge in [-0.1, -0.05) is 0 Å². The zero-order chi connectivity index (χ0) is 9.00. The van der Waals surface area contributed by atoms with Crippen molar-refractivity contribution in [3.05, 3.63) is 0 Å². The van der Waals surface area contributed by atoms with Crippen molar-refractivity contribution < 1.29 is 45.4 Å². The van der Waals surface area contributed by atoms with Crippen LogP contribution < -0.4 is 10.3 Å². The molecular weight excluding hydrogens is 291 g/mol. The van der Waals surface area contributed by atoms with Crippen molar-refractivity contribution in [2.75, 3.05) is 0 Å². The minimum Gasteiger partial charge on any atom is -0.736 e. The quantitative estimate of drug-likeness (QED) is 0.352. The van der Waals surface area contributed by atoms with Crippen LogP contribution in [0.3, 0.4) is 0 Å². The first-order chi connectivity index (χ1) is 4.00. The van der Waals surface area contributed by atoms with E-state index in [2.05, 4.69) is 10.3 Å². The molecule has 0 fully saturated rings. The van der Waals surface area contributed by atoms with Crippen LogP contribution in [0.5, 0.6) is 0 Å². The zero-order valence-corrected chi connectivity index (χ0v) is 8.03. The van der Waals surface area contributed by atoms with Crippen molar-refractivity contribution in [1.29, 1.82) is 0 Å². The summed E-state index contributed by atoms with van der Waals surface area (Å²) in [5, 5.41) is 7.54. The summed E-state index contributed by atoms with van der Waals surface area (Å²) < 4.78 is 53.1. The summed E-state index contributed by atoms with van der Waals surface area (Å²) in [5.41, 5.74) is 0. The maximum absolute atomic E-state index is 8.85. The molecule has 1 radical (unpaired) electrons. The van der Waals surface area contributed by atoms with E-state index < -0.39 is 20.6 Å². The molecule has 0 heterocycles. The fraction of sp³-hybridized carbons (Fsp3) is 0. The van der Waals surface area contributed by atoms with E-state index in [0.717, 1.165) is 0 Å². The van der Waals surface area contributed by atoms with Gasteiger partial charge < -0.3 is 9.11 Å². The molecule has 0 aromatic carbocycles. The average Bonchev–Trinajstić information content (AvgIpc) is 1.12. The van der Waals surface area contributed by atoms with E-state index >= 15 is 0 Å². The number of nitrogens with two attached hydrogens (primary N) is 2. The number of rotatable bonds is 0. The van der Waals surface area contributed by atoms with Gasteiger partial charge in [-0.2, -0.15) is 0 Å². The van der Waals surface area contributed by atoms with Crippen LogP contribution in [0.1, 0.15) is 0 Å². The molecule has 71 valence electrons. The summed E-state index contributed by atoms with van der Waals surface area (Å²) in [5.74, 6) is 0. The Balaban J connectivity index is -0.000000107. The van der Waals surface area contributed by atoms with E-state index in [1.165, 1.54) is 0 Å². The molecule has 0 spiro atoms. The second-order valence-electron chi connectivity index (χ2n) is 0.986. The van der Waals surface area contributed by atoms with Crippen LogP contribution in [-0.2, 0) is 40.1 Å². The topological polar surface area (TPSA) is 166 Å². The van der Waals surface area contributed by atoms with Crippen molar-refractivity contribution in [2.24, 2.45) is 10.3 Å². The maximum Gasteiger partial charge on any atom is 2.00 e. The molecule has 0 atom stereocenters. The van der Waals surface area contributed by atoms with Crippen molar-refractivity contribution in [3.63, 3.8) is 0 Å². The fourth-order valence-corrected chi connectivity index (χ4v) is 0. The van der Waals surface area contributed by atoms with Crippen molar-refractivity contribution in [1.82, 2.24) is 0 Å². The van der Waals surface area contributed by atoms with E-state index in [1.54, 1.807) is 0 Å². The molecule has 0 amide bonds. The van der Waals surface area contributed by atoms with Gasteiger partial charge in [-0.15, -0.1) is 0 Å². The van der Waals surface area contributed by atoms with Gasteiger partial charge in [0.15, 0.2) is 20.6 Å². The van der Waals surface area contributed by atoms with Crippen LogP contribution in [0.15, 0.2) is 0 Å². The Hall–Kier alpha value is 0.363. The molecule has 0 saturated carbocycles. The molecule has 0 aromatic heterocycles. The molecule has 0 rings (SSSR count). The van der Waals surface area contributed by atoms with Gasteiger partial charge in [0.05, 0.1) is 0 Å². The maximum atomic E-state index is 8.85. The molecule has 0 aromatic rings. The van der Waals surface area contributed by atoms with Gasteiger partial charge in [-0.3, -0.25) is 0 Å². The van der Waals surface area contributed by atoms with Gasteiger partial charge in [-0.25, -0.2) is 27.1 Å². The Kier molecular flexibility index (Phi) is 9.43. The minimum atomic E-state index is -4.42. The Morgan fingerprint density at radius 2 is 0.818 bits per heavy atom. The van der Waals surface area contributed by atoms with E-state index in [0.29, 0.717) is 0 Å². The standard InChI is InChI=1S/2H3NO3S.Rh/c2*1-5(2,3)4;/h2*(H3,1,2,3,4);/q;;+2/p-2. The number of hydrogen-bond donors (Lipinski definition) is 2. The average molecular weight is 295 g/mol. The molecule has 0 aliphatic heterocycles. The van der Waals surface area contributed by atoms with E-state index in [4.69, 9.17) is 25.9 Å². The van der Waals surface area contributed by atoms with Crippen molar-refractivity contribution in [2.45, 2.75) is 0 Å². The summed E-state index contributed by atoms with van der Waals surface area (Å²) in [7, 11) is -8.83.